The maximum Gasteiger partial charge on any atom is 0.407 e. The van der Waals surface area contributed by atoms with Crippen LogP contribution in [0.1, 0.15) is 24.2 Å². The Morgan fingerprint density at radius 1 is 1.53 bits per heavy atom. The molecule has 0 saturated carbocycles. The molecular weight excluding hydrogens is 242 g/mol. The molecular formula is C12H16ClNO3. The molecule has 0 radical (unpaired) electrons. The molecule has 0 spiro atoms. The smallest absolute Gasteiger partial charge is 0.407 e. The van der Waals surface area contributed by atoms with Crippen LogP contribution in [0.4, 0.5) is 4.79 Å². The summed E-state index contributed by atoms with van der Waals surface area (Å²) in [6.45, 7) is 1.63. The van der Waals surface area contributed by atoms with Gasteiger partial charge in [0.15, 0.2) is 0 Å². The van der Waals surface area contributed by atoms with Crippen molar-refractivity contribution in [3.63, 3.8) is 0 Å². The van der Waals surface area contributed by atoms with Crippen molar-refractivity contribution >= 4 is 17.7 Å². The Bertz CT molecular complexity index is 384. The summed E-state index contributed by atoms with van der Waals surface area (Å²) in [6.07, 6.45) is -2.10. The van der Waals surface area contributed by atoms with Gasteiger partial charge in [0, 0.05) is 12.9 Å². The fourth-order valence-corrected chi connectivity index (χ4v) is 1.73. The third kappa shape index (κ3) is 3.61. The summed E-state index contributed by atoms with van der Waals surface area (Å²) in [6, 6.07) is 7.25. The molecule has 2 N–H and O–H groups in total. The second kappa shape index (κ2) is 6.47. The van der Waals surface area contributed by atoms with Gasteiger partial charge in [-0.15, -0.1) is 11.6 Å². The van der Waals surface area contributed by atoms with Gasteiger partial charge < -0.3 is 15.2 Å². The Kier molecular flexibility index (Phi) is 5.25. The summed E-state index contributed by atoms with van der Waals surface area (Å²) in [5, 5.41) is 12.4. The first-order valence-corrected chi connectivity index (χ1v) is 5.83. The summed E-state index contributed by atoms with van der Waals surface area (Å²) in [7, 11) is 1.47. The van der Waals surface area contributed by atoms with Crippen molar-refractivity contribution in [1.29, 1.82) is 0 Å². The van der Waals surface area contributed by atoms with E-state index < -0.39 is 18.3 Å². The van der Waals surface area contributed by atoms with Gasteiger partial charge in [0.05, 0.1) is 0 Å². The molecule has 4 nitrogen and oxygen atoms in total. The van der Waals surface area contributed by atoms with Gasteiger partial charge in [0.1, 0.15) is 12.2 Å². The zero-order chi connectivity index (χ0) is 12.8. The van der Waals surface area contributed by atoms with E-state index in [-0.39, 0.29) is 0 Å². The lowest BCUT2D eigenvalue weighted by Gasteiger charge is -2.21. The standard InChI is InChI=1S/C12H16ClNO3/c1-8(17-12(16)14-2)11(15)10-6-4-3-5-9(10)7-13/h3-6,8,11,15H,7H2,1-2H3,(H,14,16). The Morgan fingerprint density at radius 3 is 2.76 bits per heavy atom. The average Bonchev–Trinajstić information content (AvgIpc) is 2.37. The first-order valence-electron chi connectivity index (χ1n) is 5.30. The number of aliphatic hydroxyl groups excluding tert-OH is 1. The van der Waals surface area contributed by atoms with Gasteiger partial charge in [0.2, 0.25) is 0 Å². The highest BCUT2D eigenvalue weighted by atomic mass is 35.5. The van der Waals surface area contributed by atoms with Gasteiger partial charge in [-0.1, -0.05) is 24.3 Å². The minimum atomic E-state index is -0.887. The highest BCUT2D eigenvalue weighted by Gasteiger charge is 2.21. The fraction of sp³-hybridized carbons (Fsp3) is 0.417. The van der Waals surface area contributed by atoms with Crippen molar-refractivity contribution in [1.82, 2.24) is 5.32 Å². The minimum Gasteiger partial charge on any atom is -0.443 e. The lowest BCUT2D eigenvalue weighted by Crippen LogP contribution is -2.28. The molecule has 0 heterocycles. The summed E-state index contributed by atoms with van der Waals surface area (Å²) >= 11 is 5.78. The molecule has 0 aliphatic rings. The van der Waals surface area contributed by atoms with Crippen LogP contribution in [0.3, 0.4) is 0 Å². The molecule has 2 unspecified atom stereocenters. The number of carbonyl (C=O) groups excluding carboxylic acids is 1. The normalized spacial score (nSPS) is 13.9. The number of alkyl halides is 1. The molecule has 1 aromatic carbocycles. The number of halogens is 1. The van der Waals surface area contributed by atoms with Gasteiger partial charge >= 0.3 is 6.09 Å². The van der Waals surface area contributed by atoms with Crippen molar-refractivity contribution in [3.05, 3.63) is 35.4 Å². The van der Waals surface area contributed by atoms with Gasteiger partial charge in [-0.3, -0.25) is 0 Å². The Labute approximate surface area is 106 Å². The molecule has 2 atom stereocenters. The quantitative estimate of drug-likeness (QED) is 0.813. The van der Waals surface area contributed by atoms with E-state index in [0.717, 1.165) is 5.56 Å². The largest absolute Gasteiger partial charge is 0.443 e. The first kappa shape index (κ1) is 13.8. The van der Waals surface area contributed by atoms with Crippen LogP contribution in [0, 0.1) is 0 Å². The molecule has 0 bridgehead atoms. The van der Waals surface area contributed by atoms with Crippen LogP contribution < -0.4 is 5.32 Å². The number of benzene rings is 1. The van der Waals surface area contributed by atoms with E-state index in [4.69, 9.17) is 16.3 Å². The molecule has 1 amide bonds. The van der Waals surface area contributed by atoms with Crippen LogP contribution >= 0.6 is 11.6 Å². The monoisotopic (exact) mass is 257 g/mol. The Balaban J connectivity index is 2.80. The van der Waals surface area contributed by atoms with Crippen molar-refractivity contribution < 1.29 is 14.6 Å². The molecule has 0 aliphatic heterocycles. The van der Waals surface area contributed by atoms with Crippen molar-refractivity contribution in [2.75, 3.05) is 7.05 Å². The van der Waals surface area contributed by atoms with E-state index in [9.17, 15) is 9.90 Å². The van der Waals surface area contributed by atoms with Crippen LogP contribution in [0.2, 0.25) is 0 Å². The predicted molar refractivity (Wildman–Crippen MR) is 66.0 cm³/mol. The number of rotatable bonds is 4. The SMILES string of the molecule is CNC(=O)OC(C)C(O)c1ccccc1CCl. The molecule has 17 heavy (non-hydrogen) atoms. The van der Waals surface area contributed by atoms with Crippen molar-refractivity contribution in [2.24, 2.45) is 0 Å². The van der Waals surface area contributed by atoms with Crippen molar-refractivity contribution in [3.8, 4) is 0 Å². The number of nitrogens with one attached hydrogen (secondary N) is 1. The molecule has 94 valence electrons. The summed E-state index contributed by atoms with van der Waals surface area (Å²) in [5.41, 5.74) is 1.51. The molecule has 1 aromatic rings. The third-order valence-electron chi connectivity index (χ3n) is 2.46. The van der Waals surface area contributed by atoms with E-state index in [1.165, 1.54) is 7.05 Å². The van der Waals surface area contributed by atoms with Gasteiger partial charge in [0.25, 0.3) is 0 Å². The second-order valence-electron chi connectivity index (χ2n) is 3.64. The van der Waals surface area contributed by atoms with Crippen LogP contribution in [0.25, 0.3) is 0 Å². The zero-order valence-electron chi connectivity index (χ0n) is 9.81. The average molecular weight is 258 g/mol. The maximum atomic E-state index is 11.0. The third-order valence-corrected chi connectivity index (χ3v) is 2.75. The predicted octanol–water partition coefficient (Wildman–Crippen LogP) is 2.20. The summed E-state index contributed by atoms with van der Waals surface area (Å²) in [5.74, 6) is 0.305. The lowest BCUT2D eigenvalue weighted by atomic mass is 10.0. The molecule has 0 aromatic heterocycles. The number of carbonyl (C=O) groups is 1. The zero-order valence-corrected chi connectivity index (χ0v) is 10.6. The Hall–Kier alpha value is -1.26. The van der Waals surface area contributed by atoms with E-state index in [1.54, 1.807) is 19.1 Å². The fourth-order valence-electron chi connectivity index (χ4n) is 1.49. The summed E-state index contributed by atoms with van der Waals surface area (Å²) in [4.78, 5) is 11.0. The molecule has 1 rings (SSSR count). The van der Waals surface area contributed by atoms with Gasteiger partial charge in [-0.2, -0.15) is 0 Å². The molecule has 0 fully saturated rings. The number of hydrogen-bond acceptors (Lipinski definition) is 3. The number of amides is 1. The second-order valence-corrected chi connectivity index (χ2v) is 3.90. The van der Waals surface area contributed by atoms with Crippen LogP contribution in [0.15, 0.2) is 24.3 Å². The number of hydrogen-bond donors (Lipinski definition) is 2. The van der Waals surface area contributed by atoms with Crippen LogP contribution in [0.5, 0.6) is 0 Å². The maximum absolute atomic E-state index is 11.0. The molecule has 5 heteroatoms. The van der Waals surface area contributed by atoms with Gasteiger partial charge in [-0.05, 0) is 18.1 Å². The van der Waals surface area contributed by atoms with E-state index in [0.29, 0.717) is 11.4 Å². The number of ether oxygens (including phenoxy) is 1. The molecule has 0 saturated heterocycles. The highest BCUT2D eigenvalue weighted by Crippen LogP contribution is 2.23. The summed E-state index contributed by atoms with van der Waals surface area (Å²) < 4.78 is 4.97. The number of aliphatic hydroxyl groups is 1. The Morgan fingerprint density at radius 2 is 2.18 bits per heavy atom. The minimum absolute atomic E-state index is 0.305. The van der Waals surface area contributed by atoms with Crippen LogP contribution in [-0.2, 0) is 10.6 Å². The van der Waals surface area contributed by atoms with E-state index in [2.05, 4.69) is 5.32 Å². The van der Waals surface area contributed by atoms with E-state index >= 15 is 0 Å². The van der Waals surface area contributed by atoms with Crippen LogP contribution in [-0.4, -0.2) is 24.4 Å². The highest BCUT2D eigenvalue weighted by molar-refractivity contribution is 6.17. The first-order chi connectivity index (χ1) is 8.10. The van der Waals surface area contributed by atoms with E-state index in [1.807, 2.05) is 12.1 Å². The number of alkyl carbamates (subject to hydrolysis) is 1. The molecule has 0 aliphatic carbocycles. The van der Waals surface area contributed by atoms with Gasteiger partial charge in [-0.25, -0.2) is 4.79 Å². The van der Waals surface area contributed by atoms with Crippen molar-refractivity contribution in [2.45, 2.75) is 25.0 Å². The topological polar surface area (TPSA) is 58.6 Å². The lowest BCUT2D eigenvalue weighted by molar-refractivity contribution is 0.0123.